The van der Waals surface area contributed by atoms with Gasteiger partial charge in [-0.05, 0) is 43.5 Å². The third-order valence-electron chi connectivity index (χ3n) is 3.35. The van der Waals surface area contributed by atoms with Crippen LogP contribution < -0.4 is 5.32 Å². The van der Waals surface area contributed by atoms with Crippen molar-refractivity contribution in [1.29, 1.82) is 0 Å². The molecule has 6 heteroatoms. The number of rotatable bonds is 5. The van der Waals surface area contributed by atoms with Crippen molar-refractivity contribution < 1.29 is 13.2 Å². The maximum absolute atomic E-state index is 12.3. The number of carbonyl (C=O) groups excluding carboxylic acids is 1. The summed E-state index contributed by atoms with van der Waals surface area (Å²) in [4.78, 5) is 12.0. The molecule has 1 aromatic rings. The highest BCUT2D eigenvalue weighted by Crippen LogP contribution is 2.20. The summed E-state index contributed by atoms with van der Waals surface area (Å²) in [5.41, 5.74) is 0.485. The molecule has 1 amide bonds. The standard InChI is InChI=1S/C14H20N2O3S/c1-2-9-15-14(17)12-5-7-13(8-6-12)20(18,19)16-10-3-4-11-16/h5-8H,2-4,9-11H2,1H3,(H,15,17). The zero-order valence-electron chi connectivity index (χ0n) is 11.6. The molecule has 1 saturated heterocycles. The van der Waals surface area contributed by atoms with E-state index in [0.29, 0.717) is 25.2 Å². The molecule has 110 valence electrons. The van der Waals surface area contributed by atoms with Crippen LogP contribution in [0.2, 0.25) is 0 Å². The first-order chi connectivity index (χ1) is 9.55. The zero-order valence-corrected chi connectivity index (χ0v) is 12.4. The van der Waals surface area contributed by atoms with Gasteiger partial charge in [0.1, 0.15) is 0 Å². The Morgan fingerprint density at radius 1 is 1.20 bits per heavy atom. The summed E-state index contributed by atoms with van der Waals surface area (Å²) in [6.07, 6.45) is 2.70. The quantitative estimate of drug-likeness (QED) is 0.897. The van der Waals surface area contributed by atoms with Crippen LogP contribution in [0.25, 0.3) is 0 Å². The predicted octanol–water partition coefficient (Wildman–Crippen LogP) is 1.61. The van der Waals surface area contributed by atoms with Gasteiger partial charge in [0.25, 0.3) is 5.91 Å². The Labute approximate surface area is 120 Å². The van der Waals surface area contributed by atoms with E-state index in [1.165, 1.54) is 16.4 Å². The van der Waals surface area contributed by atoms with Gasteiger partial charge in [-0.15, -0.1) is 0 Å². The second-order valence-corrected chi connectivity index (χ2v) is 6.83. The van der Waals surface area contributed by atoms with Crippen molar-refractivity contribution in [3.8, 4) is 0 Å². The fourth-order valence-electron chi connectivity index (χ4n) is 2.20. The van der Waals surface area contributed by atoms with Crippen molar-refractivity contribution in [2.24, 2.45) is 0 Å². The van der Waals surface area contributed by atoms with Crippen LogP contribution in [0.3, 0.4) is 0 Å². The van der Waals surface area contributed by atoms with Crippen LogP contribution in [0, 0.1) is 0 Å². The van der Waals surface area contributed by atoms with E-state index in [9.17, 15) is 13.2 Å². The monoisotopic (exact) mass is 296 g/mol. The molecule has 1 heterocycles. The van der Waals surface area contributed by atoms with Crippen molar-refractivity contribution in [2.75, 3.05) is 19.6 Å². The highest BCUT2D eigenvalue weighted by Gasteiger charge is 2.27. The number of hydrogen-bond donors (Lipinski definition) is 1. The lowest BCUT2D eigenvalue weighted by Gasteiger charge is -2.15. The van der Waals surface area contributed by atoms with E-state index < -0.39 is 10.0 Å². The number of nitrogens with zero attached hydrogens (tertiary/aromatic N) is 1. The van der Waals surface area contributed by atoms with Gasteiger partial charge in [0.2, 0.25) is 10.0 Å². The highest BCUT2D eigenvalue weighted by atomic mass is 32.2. The number of hydrogen-bond acceptors (Lipinski definition) is 3. The highest BCUT2D eigenvalue weighted by molar-refractivity contribution is 7.89. The van der Waals surface area contributed by atoms with Crippen molar-refractivity contribution in [2.45, 2.75) is 31.1 Å². The minimum Gasteiger partial charge on any atom is -0.352 e. The summed E-state index contributed by atoms with van der Waals surface area (Å²) in [6.45, 7) is 3.76. The summed E-state index contributed by atoms with van der Waals surface area (Å²) in [5, 5.41) is 2.76. The van der Waals surface area contributed by atoms with E-state index in [1.54, 1.807) is 12.1 Å². The first-order valence-corrected chi connectivity index (χ1v) is 8.38. The summed E-state index contributed by atoms with van der Waals surface area (Å²) in [5.74, 6) is -0.169. The molecule has 5 nitrogen and oxygen atoms in total. The van der Waals surface area contributed by atoms with Crippen LogP contribution in [-0.2, 0) is 10.0 Å². The Hall–Kier alpha value is -1.40. The Balaban J connectivity index is 2.13. The van der Waals surface area contributed by atoms with Gasteiger partial charge in [-0.25, -0.2) is 8.42 Å². The average Bonchev–Trinajstić information content (AvgIpc) is 3.00. The third-order valence-corrected chi connectivity index (χ3v) is 5.27. The molecule has 0 spiro atoms. The molecule has 0 atom stereocenters. The van der Waals surface area contributed by atoms with Gasteiger partial charge in [-0.2, -0.15) is 4.31 Å². The van der Waals surface area contributed by atoms with Gasteiger partial charge in [-0.1, -0.05) is 6.92 Å². The Kier molecular flexibility index (Phi) is 4.77. The van der Waals surface area contributed by atoms with Crippen LogP contribution in [0.1, 0.15) is 36.5 Å². The lowest BCUT2D eigenvalue weighted by Crippen LogP contribution is -2.28. The Bertz CT molecular complexity index is 561. The summed E-state index contributed by atoms with van der Waals surface area (Å²) in [7, 11) is -3.40. The largest absolute Gasteiger partial charge is 0.352 e. The van der Waals surface area contributed by atoms with Crippen LogP contribution in [0.4, 0.5) is 0 Å². The third kappa shape index (κ3) is 3.19. The predicted molar refractivity (Wildman–Crippen MR) is 77.1 cm³/mol. The summed E-state index contributed by atoms with van der Waals surface area (Å²) >= 11 is 0. The second kappa shape index (κ2) is 6.37. The molecular formula is C14H20N2O3S. The second-order valence-electron chi connectivity index (χ2n) is 4.89. The number of benzene rings is 1. The van der Waals surface area contributed by atoms with Gasteiger partial charge >= 0.3 is 0 Å². The minimum atomic E-state index is -3.40. The van der Waals surface area contributed by atoms with E-state index in [1.807, 2.05) is 6.92 Å². The smallest absolute Gasteiger partial charge is 0.251 e. The van der Waals surface area contributed by atoms with E-state index in [4.69, 9.17) is 0 Å². The molecule has 20 heavy (non-hydrogen) atoms. The molecule has 0 bridgehead atoms. The molecular weight excluding hydrogens is 276 g/mol. The molecule has 1 aromatic carbocycles. The van der Waals surface area contributed by atoms with E-state index in [2.05, 4.69) is 5.32 Å². The molecule has 0 radical (unpaired) electrons. The lowest BCUT2D eigenvalue weighted by molar-refractivity contribution is 0.0953. The van der Waals surface area contributed by atoms with E-state index in [-0.39, 0.29) is 10.8 Å². The molecule has 2 rings (SSSR count). The first kappa shape index (κ1) is 15.0. The fraction of sp³-hybridized carbons (Fsp3) is 0.500. The molecule has 1 aliphatic rings. The normalized spacial score (nSPS) is 16.2. The number of sulfonamides is 1. The molecule has 1 aliphatic heterocycles. The summed E-state index contributed by atoms with van der Waals surface area (Å²) in [6, 6.07) is 6.14. The average molecular weight is 296 g/mol. The number of nitrogens with one attached hydrogen (secondary N) is 1. The van der Waals surface area contributed by atoms with Gasteiger partial charge in [0.15, 0.2) is 0 Å². The van der Waals surface area contributed by atoms with Crippen molar-refractivity contribution >= 4 is 15.9 Å². The molecule has 0 aromatic heterocycles. The van der Waals surface area contributed by atoms with Crippen molar-refractivity contribution in [3.05, 3.63) is 29.8 Å². The zero-order chi connectivity index (χ0) is 14.6. The van der Waals surface area contributed by atoms with Crippen LogP contribution in [-0.4, -0.2) is 38.3 Å². The van der Waals surface area contributed by atoms with E-state index >= 15 is 0 Å². The maximum Gasteiger partial charge on any atom is 0.251 e. The van der Waals surface area contributed by atoms with Gasteiger partial charge < -0.3 is 5.32 Å². The number of amides is 1. The molecule has 1 fully saturated rings. The molecule has 1 N–H and O–H groups in total. The Morgan fingerprint density at radius 3 is 2.35 bits per heavy atom. The SMILES string of the molecule is CCCNC(=O)c1ccc(S(=O)(=O)N2CCCC2)cc1. The first-order valence-electron chi connectivity index (χ1n) is 6.94. The van der Waals surface area contributed by atoms with Crippen molar-refractivity contribution in [3.63, 3.8) is 0 Å². The van der Waals surface area contributed by atoms with Gasteiger partial charge in [0, 0.05) is 25.2 Å². The molecule has 0 unspecified atom stereocenters. The van der Waals surface area contributed by atoms with E-state index in [0.717, 1.165) is 19.3 Å². The molecule has 0 saturated carbocycles. The summed E-state index contributed by atoms with van der Waals surface area (Å²) < 4.78 is 26.1. The van der Waals surface area contributed by atoms with Crippen molar-refractivity contribution in [1.82, 2.24) is 9.62 Å². The van der Waals surface area contributed by atoms with Crippen LogP contribution in [0.5, 0.6) is 0 Å². The van der Waals surface area contributed by atoms with Gasteiger partial charge in [0.05, 0.1) is 4.90 Å². The van der Waals surface area contributed by atoms with Gasteiger partial charge in [-0.3, -0.25) is 4.79 Å². The molecule has 0 aliphatic carbocycles. The van der Waals surface area contributed by atoms with Crippen LogP contribution in [0.15, 0.2) is 29.2 Å². The maximum atomic E-state index is 12.3. The van der Waals surface area contributed by atoms with Crippen LogP contribution >= 0.6 is 0 Å². The lowest BCUT2D eigenvalue weighted by atomic mass is 10.2. The number of carbonyl (C=O) groups is 1. The fourth-order valence-corrected chi connectivity index (χ4v) is 3.71. The Morgan fingerprint density at radius 2 is 1.80 bits per heavy atom. The topological polar surface area (TPSA) is 66.5 Å². The minimum absolute atomic E-state index is 0.169.